The maximum absolute atomic E-state index is 13.8. The molecule has 0 saturated carbocycles. The van der Waals surface area contributed by atoms with E-state index in [1.807, 2.05) is 37.3 Å². The maximum Gasteiger partial charge on any atom is 0.321 e. The quantitative estimate of drug-likeness (QED) is 0.739. The summed E-state index contributed by atoms with van der Waals surface area (Å²) in [6.07, 6.45) is 0. The van der Waals surface area contributed by atoms with Crippen LogP contribution >= 0.6 is 11.3 Å². The fraction of sp³-hybridized carbons (Fsp3) is 0.263. The van der Waals surface area contributed by atoms with Gasteiger partial charge in [0.1, 0.15) is 11.3 Å². The van der Waals surface area contributed by atoms with Crippen molar-refractivity contribution in [2.24, 2.45) is 0 Å². The van der Waals surface area contributed by atoms with Gasteiger partial charge in [0, 0.05) is 31.9 Å². The van der Waals surface area contributed by atoms with Crippen LogP contribution in [0, 0.1) is 12.7 Å². The number of anilines is 2. The predicted octanol–water partition coefficient (Wildman–Crippen LogP) is 4.10. The number of aryl methyl sites for hydroxylation is 1. The predicted molar refractivity (Wildman–Crippen MR) is 104 cm³/mol. The summed E-state index contributed by atoms with van der Waals surface area (Å²) in [4.78, 5) is 20.8. The van der Waals surface area contributed by atoms with E-state index in [9.17, 15) is 9.18 Å². The van der Waals surface area contributed by atoms with Gasteiger partial charge in [0.2, 0.25) is 0 Å². The molecule has 0 radical (unpaired) electrons. The lowest BCUT2D eigenvalue weighted by atomic mass is 10.2. The molecule has 1 N–H and O–H groups in total. The second-order valence-corrected chi connectivity index (χ2v) is 7.37. The summed E-state index contributed by atoms with van der Waals surface area (Å²) < 4.78 is 14.7. The van der Waals surface area contributed by atoms with Gasteiger partial charge < -0.3 is 15.1 Å². The summed E-state index contributed by atoms with van der Waals surface area (Å²) in [6.45, 7) is 4.58. The van der Waals surface area contributed by atoms with E-state index in [1.54, 1.807) is 11.0 Å². The van der Waals surface area contributed by atoms with E-state index >= 15 is 0 Å². The molecule has 0 bridgehead atoms. The van der Waals surface area contributed by atoms with Crippen LogP contribution in [0.25, 0.3) is 10.2 Å². The molecule has 26 heavy (non-hydrogen) atoms. The van der Waals surface area contributed by atoms with Crippen LogP contribution in [-0.4, -0.2) is 42.1 Å². The van der Waals surface area contributed by atoms with Crippen LogP contribution in [0.4, 0.5) is 20.0 Å². The second-order valence-electron chi connectivity index (χ2n) is 6.36. The number of hydrogen-bond donors (Lipinski definition) is 1. The molecular weight excluding hydrogens is 351 g/mol. The Balaban J connectivity index is 1.40. The number of amides is 2. The van der Waals surface area contributed by atoms with E-state index < -0.39 is 0 Å². The van der Waals surface area contributed by atoms with Gasteiger partial charge in [0.15, 0.2) is 5.13 Å². The molecule has 0 unspecified atom stereocenters. The van der Waals surface area contributed by atoms with Crippen molar-refractivity contribution in [1.29, 1.82) is 0 Å². The summed E-state index contributed by atoms with van der Waals surface area (Å²) in [5.74, 6) is -0.291. The SMILES string of the molecule is Cc1cccc(NC(=O)N2CCN(c3nc4c(F)cccc4s3)CC2)c1. The highest BCUT2D eigenvalue weighted by atomic mass is 32.1. The van der Waals surface area contributed by atoms with Gasteiger partial charge in [-0.25, -0.2) is 14.2 Å². The maximum atomic E-state index is 13.8. The molecule has 1 fully saturated rings. The molecular formula is C19H19FN4OS. The van der Waals surface area contributed by atoms with Crippen molar-refractivity contribution in [2.75, 3.05) is 36.4 Å². The van der Waals surface area contributed by atoms with Gasteiger partial charge in [-0.2, -0.15) is 0 Å². The van der Waals surface area contributed by atoms with Gasteiger partial charge in [-0.05, 0) is 36.8 Å². The Morgan fingerprint density at radius 3 is 2.65 bits per heavy atom. The van der Waals surface area contributed by atoms with E-state index in [-0.39, 0.29) is 11.8 Å². The Kier molecular flexibility index (Phi) is 4.46. The van der Waals surface area contributed by atoms with E-state index in [2.05, 4.69) is 15.2 Å². The highest BCUT2D eigenvalue weighted by molar-refractivity contribution is 7.22. The fourth-order valence-electron chi connectivity index (χ4n) is 3.06. The first-order valence-electron chi connectivity index (χ1n) is 8.53. The van der Waals surface area contributed by atoms with Crippen LogP contribution < -0.4 is 10.2 Å². The van der Waals surface area contributed by atoms with Crippen LogP contribution in [0.15, 0.2) is 42.5 Å². The highest BCUT2D eigenvalue weighted by Gasteiger charge is 2.23. The smallest absolute Gasteiger partial charge is 0.321 e. The molecule has 4 rings (SSSR count). The molecule has 1 aliphatic heterocycles. The van der Waals surface area contributed by atoms with Crippen molar-refractivity contribution in [3.63, 3.8) is 0 Å². The second kappa shape index (κ2) is 6.92. The molecule has 7 heteroatoms. The average Bonchev–Trinajstić information content (AvgIpc) is 3.08. The number of thiazole rings is 1. The lowest BCUT2D eigenvalue weighted by molar-refractivity contribution is 0.208. The van der Waals surface area contributed by atoms with Gasteiger partial charge >= 0.3 is 6.03 Å². The Morgan fingerprint density at radius 1 is 1.15 bits per heavy atom. The standard InChI is InChI=1S/C19H19FN4OS/c1-13-4-2-5-14(12-13)21-18(25)23-8-10-24(11-9-23)19-22-17-15(20)6-3-7-16(17)26-19/h2-7,12H,8-11H2,1H3,(H,21,25). The van der Waals surface area contributed by atoms with E-state index in [1.165, 1.54) is 17.4 Å². The molecule has 134 valence electrons. The van der Waals surface area contributed by atoms with Crippen molar-refractivity contribution in [2.45, 2.75) is 6.92 Å². The van der Waals surface area contributed by atoms with Crippen LogP contribution in [0.3, 0.4) is 0 Å². The molecule has 0 aliphatic carbocycles. The third kappa shape index (κ3) is 3.35. The molecule has 2 aromatic carbocycles. The van der Waals surface area contributed by atoms with Crippen molar-refractivity contribution in [3.8, 4) is 0 Å². The summed E-state index contributed by atoms with van der Waals surface area (Å²) in [7, 11) is 0. The van der Waals surface area contributed by atoms with Crippen LogP contribution in [0.2, 0.25) is 0 Å². The van der Waals surface area contributed by atoms with Gasteiger partial charge in [-0.3, -0.25) is 0 Å². The number of halogens is 1. The molecule has 2 heterocycles. The molecule has 1 aliphatic rings. The number of benzene rings is 2. The first kappa shape index (κ1) is 16.8. The number of carbonyl (C=O) groups excluding carboxylic acids is 1. The van der Waals surface area contributed by atoms with Gasteiger partial charge in [0.05, 0.1) is 4.70 Å². The number of piperazine rings is 1. The lowest BCUT2D eigenvalue weighted by Crippen LogP contribution is -2.50. The van der Waals surface area contributed by atoms with Gasteiger partial charge in [-0.1, -0.05) is 29.5 Å². The average molecular weight is 370 g/mol. The molecule has 3 aromatic rings. The minimum absolute atomic E-state index is 0.0920. The number of rotatable bonds is 2. The van der Waals surface area contributed by atoms with E-state index in [4.69, 9.17) is 0 Å². The summed E-state index contributed by atoms with van der Waals surface area (Å²) in [5.41, 5.74) is 2.34. The Hall–Kier alpha value is -2.67. The number of nitrogens with one attached hydrogen (secondary N) is 1. The Bertz CT molecular complexity index is 950. The number of aromatic nitrogens is 1. The summed E-state index contributed by atoms with van der Waals surface area (Å²) in [5, 5.41) is 3.75. The van der Waals surface area contributed by atoms with Crippen molar-refractivity contribution < 1.29 is 9.18 Å². The molecule has 5 nitrogen and oxygen atoms in total. The minimum Gasteiger partial charge on any atom is -0.345 e. The third-order valence-electron chi connectivity index (χ3n) is 4.47. The first-order valence-corrected chi connectivity index (χ1v) is 9.34. The summed E-state index contributed by atoms with van der Waals surface area (Å²) >= 11 is 1.49. The lowest BCUT2D eigenvalue weighted by Gasteiger charge is -2.34. The Labute approximate surface area is 155 Å². The number of nitrogens with zero attached hydrogens (tertiary/aromatic N) is 3. The zero-order valence-corrected chi connectivity index (χ0v) is 15.2. The van der Waals surface area contributed by atoms with Crippen molar-refractivity contribution in [1.82, 2.24) is 9.88 Å². The molecule has 0 spiro atoms. The number of hydrogen-bond acceptors (Lipinski definition) is 4. The monoisotopic (exact) mass is 370 g/mol. The van der Waals surface area contributed by atoms with Crippen molar-refractivity contribution in [3.05, 3.63) is 53.8 Å². The number of carbonyl (C=O) groups is 1. The molecule has 0 atom stereocenters. The van der Waals surface area contributed by atoms with Gasteiger partial charge in [0.25, 0.3) is 0 Å². The topological polar surface area (TPSA) is 48.5 Å². The number of urea groups is 1. The van der Waals surface area contributed by atoms with Crippen molar-refractivity contribution >= 4 is 38.4 Å². The molecule has 1 saturated heterocycles. The first-order chi connectivity index (χ1) is 12.6. The van der Waals surface area contributed by atoms with E-state index in [0.29, 0.717) is 31.7 Å². The minimum atomic E-state index is -0.291. The fourth-order valence-corrected chi connectivity index (χ4v) is 4.10. The highest BCUT2D eigenvalue weighted by Crippen LogP contribution is 2.30. The molecule has 1 aromatic heterocycles. The third-order valence-corrected chi connectivity index (χ3v) is 5.55. The number of para-hydroxylation sites is 1. The zero-order valence-electron chi connectivity index (χ0n) is 14.4. The van der Waals surface area contributed by atoms with Gasteiger partial charge in [-0.15, -0.1) is 0 Å². The largest absolute Gasteiger partial charge is 0.345 e. The van der Waals surface area contributed by atoms with Crippen LogP contribution in [-0.2, 0) is 0 Å². The zero-order chi connectivity index (χ0) is 18.1. The van der Waals surface area contributed by atoms with E-state index in [0.717, 1.165) is 21.1 Å². The van der Waals surface area contributed by atoms with Crippen LogP contribution in [0.1, 0.15) is 5.56 Å². The Morgan fingerprint density at radius 2 is 1.92 bits per heavy atom. The summed E-state index contributed by atoms with van der Waals surface area (Å²) in [6, 6.07) is 12.7. The van der Waals surface area contributed by atoms with Crippen LogP contribution in [0.5, 0.6) is 0 Å². The molecule has 2 amide bonds. The normalized spacial score (nSPS) is 14.7. The number of fused-ring (bicyclic) bond motifs is 1.